The Morgan fingerprint density at radius 1 is 1.50 bits per heavy atom. The minimum Gasteiger partial charge on any atom is -0.367 e. The summed E-state index contributed by atoms with van der Waals surface area (Å²) in [6.45, 7) is 5.00. The summed E-state index contributed by atoms with van der Waals surface area (Å²) < 4.78 is 1.84. The van der Waals surface area contributed by atoms with Gasteiger partial charge in [0.25, 0.3) is 0 Å². The summed E-state index contributed by atoms with van der Waals surface area (Å²) in [6.07, 6.45) is 0.982. The average Bonchev–Trinajstić information content (AvgIpc) is 2.93. The van der Waals surface area contributed by atoms with Crippen molar-refractivity contribution in [1.29, 1.82) is 0 Å². The zero-order valence-electron chi connectivity index (χ0n) is 11.7. The van der Waals surface area contributed by atoms with Gasteiger partial charge in [0, 0.05) is 31.6 Å². The van der Waals surface area contributed by atoms with Gasteiger partial charge in [-0.25, -0.2) is 0 Å². The number of nitrogens with one attached hydrogen (secondary N) is 2. The van der Waals surface area contributed by atoms with Gasteiger partial charge < -0.3 is 11.1 Å². The van der Waals surface area contributed by atoms with E-state index in [4.69, 9.17) is 5.73 Å². The summed E-state index contributed by atoms with van der Waals surface area (Å²) in [5.41, 5.74) is 7.41. The molecule has 20 heavy (non-hydrogen) atoms. The lowest BCUT2D eigenvalue weighted by molar-refractivity contribution is -0.121. The number of nitrogen functional groups attached to an aromatic ring is 1. The van der Waals surface area contributed by atoms with Gasteiger partial charge in [-0.1, -0.05) is 0 Å². The maximum absolute atomic E-state index is 11.7. The lowest BCUT2D eigenvalue weighted by Crippen LogP contribution is -2.27. The first kappa shape index (κ1) is 14.0. The van der Waals surface area contributed by atoms with Crippen LogP contribution < -0.4 is 11.1 Å². The number of rotatable bonds is 6. The highest BCUT2D eigenvalue weighted by Gasteiger charge is 2.06. The molecule has 8 heteroatoms. The first-order chi connectivity index (χ1) is 9.54. The molecule has 0 fully saturated rings. The Morgan fingerprint density at radius 3 is 2.90 bits per heavy atom. The van der Waals surface area contributed by atoms with Crippen LogP contribution in [0.5, 0.6) is 0 Å². The monoisotopic (exact) mass is 277 g/mol. The van der Waals surface area contributed by atoms with E-state index in [9.17, 15) is 4.79 Å². The second kappa shape index (κ2) is 6.18. The van der Waals surface area contributed by atoms with Crippen molar-refractivity contribution in [2.75, 3.05) is 12.3 Å². The van der Waals surface area contributed by atoms with Gasteiger partial charge in [0.05, 0.1) is 5.69 Å². The molecule has 0 saturated heterocycles. The van der Waals surface area contributed by atoms with E-state index in [0.29, 0.717) is 31.8 Å². The number of hydrogen-bond donors (Lipinski definition) is 3. The Hall–Kier alpha value is -2.38. The number of carbonyl (C=O) groups is 1. The van der Waals surface area contributed by atoms with Gasteiger partial charge in [0.15, 0.2) is 0 Å². The SMILES string of the molecule is Cc1cc(C)n(CCC(=O)NCCc2nc(N)n[nH]2)n1. The van der Waals surface area contributed by atoms with Crippen LogP contribution in [0, 0.1) is 13.8 Å². The van der Waals surface area contributed by atoms with Gasteiger partial charge >= 0.3 is 0 Å². The fourth-order valence-electron chi connectivity index (χ4n) is 1.94. The maximum atomic E-state index is 11.7. The summed E-state index contributed by atoms with van der Waals surface area (Å²) in [5.74, 6) is 0.877. The standard InChI is InChI=1S/C12H19N7O/c1-8-7-9(2)19(18-8)6-4-11(20)14-5-3-10-15-12(13)17-16-10/h7H,3-6H2,1-2H3,(H,14,20)(H3,13,15,16,17). The van der Waals surface area contributed by atoms with Gasteiger partial charge in [0.2, 0.25) is 11.9 Å². The van der Waals surface area contributed by atoms with E-state index in [1.807, 2.05) is 24.6 Å². The molecule has 0 saturated carbocycles. The predicted octanol–water partition coefficient (Wildman–Crippen LogP) is -0.0508. The quantitative estimate of drug-likeness (QED) is 0.685. The second-order valence-electron chi connectivity index (χ2n) is 4.64. The van der Waals surface area contributed by atoms with Crippen molar-refractivity contribution >= 4 is 11.9 Å². The van der Waals surface area contributed by atoms with E-state index in [0.717, 1.165) is 11.4 Å². The lowest BCUT2D eigenvalue weighted by Gasteiger charge is -2.05. The number of carbonyl (C=O) groups excluding carboxylic acids is 1. The Kier molecular flexibility index (Phi) is 4.34. The molecule has 0 bridgehead atoms. The van der Waals surface area contributed by atoms with Crippen LogP contribution in [0.15, 0.2) is 6.07 Å². The van der Waals surface area contributed by atoms with E-state index >= 15 is 0 Å². The molecule has 0 aliphatic heterocycles. The highest BCUT2D eigenvalue weighted by molar-refractivity contribution is 5.75. The van der Waals surface area contributed by atoms with Crippen molar-refractivity contribution in [2.45, 2.75) is 33.2 Å². The van der Waals surface area contributed by atoms with Crippen LogP contribution in [0.2, 0.25) is 0 Å². The zero-order valence-corrected chi connectivity index (χ0v) is 11.7. The number of nitrogens with zero attached hydrogens (tertiary/aromatic N) is 4. The third kappa shape index (κ3) is 3.81. The second-order valence-corrected chi connectivity index (χ2v) is 4.64. The number of aromatic nitrogens is 5. The summed E-state index contributed by atoms with van der Waals surface area (Å²) in [6, 6.07) is 1.99. The van der Waals surface area contributed by atoms with Crippen LogP contribution in [0.25, 0.3) is 0 Å². The van der Waals surface area contributed by atoms with E-state index in [-0.39, 0.29) is 11.9 Å². The molecule has 8 nitrogen and oxygen atoms in total. The summed E-state index contributed by atoms with van der Waals surface area (Å²) in [5, 5.41) is 13.6. The van der Waals surface area contributed by atoms with Crippen molar-refractivity contribution in [3.8, 4) is 0 Å². The number of aromatic amines is 1. The Balaban J connectivity index is 1.69. The van der Waals surface area contributed by atoms with Crippen LogP contribution in [0.4, 0.5) is 5.95 Å². The molecule has 0 atom stereocenters. The predicted molar refractivity (Wildman–Crippen MR) is 73.8 cm³/mol. The highest BCUT2D eigenvalue weighted by atomic mass is 16.1. The third-order valence-electron chi connectivity index (χ3n) is 2.89. The normalized spacial score (nSPS) is 10.7. The smallest absolute Gasteiger partial charge is 0.239 e. The van der Waals surface area contributed by atoms with E-state index in [2.05, 4.69) is 25.6 Å². The molecule has 0 aliphatic rings. The first-order valence-electron chi connectivity index (χ1n) is 6.49. The fourth-order valence-corrected chi connectivity index (χ4v) is 1.94. The average molecular weight is 277 g/mol. The molecule has 2 aromatic heterocycles. The number of hydrogen-bond acceptors (Lipinski definition) is 5. The molecule has 0 unspecified atom stereocenters. The summed E-state index contributed by atoms with van der Waals surface area (Å²) in [7, 11) is 0. The molecule has 0 aromatic carbocycles. The molecular formula is C12H19N7O. The zero-order chi connectivity index (χ0) is 14.5. The van der Waals surface area contributed by atoms with Crippen LogP contribution in [-0.4, -0.2) is 37.4 Å². The summed E-state index contributed by atoms with van der Waals surface area (Å²) >= 11 is 0. The van der Waals surface area contributed by atoms with E-state index in [1.165, 1.54) is 0 Å². The molecule has 0 radical (unpaired) electrons. The van der Waals surface area contributed by atoms with Crippen molar-refractivity contribution < 1.29 is 4.79 Å². The van der Waals surface area contributed by atoms with Gasteiger partial charge in [-0.05, 0) is 19.9 Å². The molecule has 2 aromatic rings. The Bertz CT molecular complexity index is 586. The minimum absolute atomic E-state index is 0.00922. The molecule has 0 aliphatic carbocycles. The Morgan fingerprint density at radius 2 is 2.30 bits per heavy atom. The van der Waals surface area contributed by atoms with Crippen molar-refractivity contribution in [3.63, 3.8) is 0 Å². The van der Waals surface area contributed by atoms with Crippen LogP contribution in [-0.2, 0) is 17.8 Å². The molecule has 1 amide bonds. The van der Waals surface area contributed by atoms with Gasteiger partial charge in [-0.2, -0.15) is 10.1 Å². The third-order valence-corrected chi connectivity index (χ3v) is 2.89. The first-order valence-corrected chi connectivity index (χ1v) is 6.49. The lowest BCUT2D eigenvalue weighted by atomic mass is 10.3. The van der Waals surface area contributed by atoms with Gasteiger partial charge in [0.1, 0.15) is 5.82 Å². The van der Waals surface area contributed by atoms with Crippen LogP contribution in [0.3, 0.4) is 0 Å². The number of H-pyrrole nitrogens is 1. The van der Waals surface area contributed by atoms with Crippen molar-refractivity contribution in [3.05, 3.63) is 23.3 Å². The van der Waals surface area contributed by atoms with Crippen LogP contribution in [0.1, 0.15) is 23.6 Å². The highest BCUT2D eigenvalue weighted by Crippen LogP contribution is 2.02. The molecule has 0 spiro atoms. The minimum atomic E-state index is -0.00922. The number of nitrogens with two attached hydrogens (primary N) is 1. The van der Waals surface area contributed by atoms with E-state index in [1.54, 1.807) is 0 Å². The molecule has 108 valence electrons. The topological polar surface area (TPSA) is 115 Å². The Labute approximate surface area is 116 Å². The summed E-state index contributed by atoms with van der Waals surface area (Å²) in [4.78, 5) is 15.7. The number of aryl methyl sites for hydroxylation is 3. The largest absolute Gasteiger partial charge is 0.367 e. The molecule has 2 rings (SSSR count). The number of amides is 1. The molecular weight excluding hydrogens is 258 g/mol. The molecule has 4 N–H and O–H groups in total. The fraction of sp³-hybridized carbons (Fsp3) is 0.500. The maximum Gasteiger partial charge on any atom is 0.239 e. The molecule has 2 heterocycles. The van der Waals surface area contributed by atoms with Crippen molar-refractivity contribution in [2.24, 2.45) is 0 Å². The van der Waals surface area contributed by atoms with E-state index < -0.39 is 0 Å². The van der Waals surface area contributed by atoms with Crippen LogP contribution >= 0.6 is 0 Å². The van der Waals surface area contributed by atoms with Gasteiger partial charge in [-0.15, -0.1) is 5.10 Å². The van der Waals surface area contributed by atoms with Gasteiger partial charge in [-0.3, -0.25) is 14.6 Å². The number of anilines is 1. The van der Waals surface area contributed by atoms with Crippen molar-refractivity contribution in [1.82, 2.24) is 30.3 Å².